The van der Waals surface area contributed by atoms with Crippen LogP contribution in [0.3, 0.4) is 0 Å². The second kappa shape index (κ2) is 7.12. The highest BCUT2D eigenvalue weighted by atomic mass is 32.1. The van der Waals surface area contributed by atoms with Gasteiger partial charge in [-0.1, -0.05) is 6.07 Å². The van der Waals surface area contributed by atoms with Gasteiger partial charge in [0.1, 0.15) is 0 Å². The number of aryl methyl sites for hydroxylation is 1. The van der Waals surface area contributed by atoms with E-state index in [1.807, 2.05) is 30.3 Å². The molecule has 1 atom stereocenters. The molecule has 0 amide bonds. The first kappa shape index (κ1) is 18.8. The van der Waals surface area contributed by atoms with E-state index in [4.69, 9.17) is 19.6 Å². The standard InChI is InChI=1S/C20H19N3O4.H2S/c21-20(10-24)6-5-12-1-2-13(7-15(12)9-20)18-22-23-19(27-18)14-3-4-16-17(8-14)26-11-25-16;/h1-4,7-8,24H,5-6,9-11,21H2;1H2/t20-;/m0./s1. The molecule has 28 heavy (non-hydrogen) atoms. The highest BCUT2D eigenvalue weighted by molar-refractivity contribution is 7.59. The summed E-state index contributed by atoms with van der Waals surface area (Å²) in [6.07, 6.45) is 2.28. The molecule has 2 heterocycles. The molecule has 2 aliphatic rings. The summed E-state index contributed by atoms with van der Waals surface area (Å²) in [6, 6.07) is 11.6. The largest absolute Gasteiger partial charge is 0.454 e. The van der Waals surface area contributed by atoms with E-state index in [0.29, 0.717) is 29.7 Å². The Morgan fingerprint density at radius 3 is 2.46 bits per heavy atom. The Morgan fingerprint density at radius 1 is 0.964 bits per heavy atom. The molecule has 3 N–H and O–H groups in total. The zero-order chi connectivity index (χ0) is 18.4. The van der Waals surface area contributed by atoms with Crippen molar-refractivity contribution in [2.75, 3.05) is 13.4 Å². The van der Waals surface area contributed by atoms with E-state index in [1.54, 1.807) is 0 Å². The van der Waals surface area contributed by atoms with E-state index in [0.717, 1.165) is 29.5 Å². The topological polar surface area (TPSA) is 104 Å². The third-order valence-electron chi connectivity index (χ3n) is 5.25. The van der Waals surface area contributed by atoms with Crippen LogP contribution >= 0.6 is 13.5 Å². The van der Waals surface area contributed by atoms with Crippen molar-refractivity contribution in [2.24, 2.45) is 5.73 Å². The Kier molecular flexibility index (Phi) is 4.78. The van der Waals surface area contributed by atoms with E-state index in [9.17, 15) is 5.11 Å². The first-order chi connectivity index (χ1) is 13.1. The molecule has 8 heteroatoms. The highest BCUT2D eigenvalue weighted by Crippen LogP contribution is 2.36. The van der Waals surface area contributed by atoms with Crippen molar-refractivity contribution in [1.82, 2.24) is 10.2 Å². The molecule has 0 bridgehead atoms. The van der Waals surface area contributed by atoms with E-state index in [-0.39, 0.29) is 26.9 Å². The van der Waals surface area contributed by atoms with Crippen LogP contribution in [-0.2, 0) is 12.8 Å². The molecule has 2 aromatic carbocycles. The minimum atomic E-state index is -0.557. The lowest BCUT2D eigenvalue weighted by Crippen LogP contribution is -2.48. The third-order valence-corrected chi connectivity index (χ3v) is 5.25. The molecule has 7 nitrogen and oxygen atoms in total. The Morgan fingerprint density at radius 2 is 1.68 bits per heavy atom. The van der Waals surface area contributed by atoms with Crippen LogP contribution in [-0.4, -0.2) is 34.2 Å². The number of aromatic nitrogens is 2. The summed E-state index contributed by atoms with van der Waals surface area (Å²) in [7, 11) is 0. The quantitative estimate of drug-likeness (QED) is 0.697. The lowest BCUT2D eigenvalue weighted by atomic mass is 9.78. The van der Waals surface area contributed by atoms with Crippen LogP contribution in [0.25, 0.3) is 22.9 Å². The average Bonchev–Trinajstić information content (AvgIpc) is 3.36. The molecule has 0 saturated carbocycles. The zero-order valence-electron chi connectivity index (χ0n) is 15.1. The van der Waals surface area contributed by atoms with Crippen molar-refractivity contribution >= 4 is 13.5 Å². The van der Waals surface area contributed by atoms with Crippen LogP contribution < -0.4 is 15.2 Å². The van der Waals surface area contributed by atoms with Gasteiger partial charge in [-0.3, -0.25) is 0 Å². The van der Waals surface area contributed by atoms with Gasteiger partial charge in [-0.2, -0.15) is 13.5 Å². The van der Waals surface area contributed by atoms with Crippen LogP contribution in [0.2, 0.25) is 0 Å². The number of hydrogen-bond acceptors (Lipinski definition) is 7. The molecule has 5 rings (SSSR count). The van der Waals surface area contributed by atoms with Crippen LogP contribution in [0.5, 0.6) is 11.5 Å². The first-order valence-corrected chi connectivity index (χ1v) is 8.89. The molecule has 3 aromatic rings. The Bertz CT molecular complexity index is 1020. The summed E-state index contributed by atoms with van der Waals surface area (Å²) >= 11 is 0. The Balaban J connectivity index is 0.00000192. The normalized spacial score (nSPS) is 19.8. The predicted octanol–water partition coefficient (Wildman–Crippen LogP) is 2.42. The summed E-state index contributed by atoms with van der Waals surface area (Å²) in [5.74, 6) is 2.25. The van der Waals surface area contributed by atoms with Crippen molar-refractivity contribution in [3.05, 3.63) is 47.5 Å². The summed E-state index contributed by atoms with van der Waals surface area (Å²) in [6.45, 7) is 0.199. The minimum Gasteiger partial charge on any atom is -0.454 e. The van der Waals surface area contributed by atoms with Crippen LogP contribution in [0, 0.1) is 0 Å². The smallest absolute Gasteiger partial charge is 0.248 e. The fourth-order valence-electron chi connectivity index (χ4n) is 3.64. The fraction of sp³-hybridized carbons (Fsp3) is 0.300. The monoisotopic (exact) mass is 399 g/mol. The fourth-order valence-corrected chi connectivity index (χ4v) is 3.64. The van der Waals surface area contributed by atoms with Crippen LogP contribution in [0.4, 0.5) is 0 Å². The number of fused-ring (bicyclic) bond motifs is 2. The lowest BCUT2D eigenvalue weighted by Gasteiger charge is -2.33. The SMILES string of the molecule is N[C@@]1(CO)CCc2ccc(-c3nnc(-c4ccc5c(c4)OCO5)o3)cc2C1.S. The van der Waals surface area contributed by atoms with Gasteiger partial charge >= 0.3 is 0 Å². The van der Waals surface area contributed by atoms with Gasteiger partial charge in [0.2, 0.25) is 18.6 Å². The number of rotatable bonds is 3. The molecule has 1 aliphatic heterocycles. The van der Waals surface area contributed by atoms with E-state index < -0.39 is 5.54 Å². The predicted molar refractivity (Wildman–Crippen MR) is 108 cm³/mol. The number of benzene rings is 2. The number of aliphatic hydroxyl groups is 1. The van der Waals surface area contributed by atoms with Crippen molar-refractivity contribution < 1.29 is 19.0 Å². The van der Waals surface area contributed by atoms with Crippen LogP contribution in [0.1, 0.15) is 17.5 Å². The third kappa shape index (κ3) is 3.23. The molecule has 146 valence electrons. The maximum Gasteiger partial charge on any atom is 0.248 e. The van der Waals surface area contributed by atoms with E-state index >= 15 is 0 Å². The molecule has 0 saturated heterocycles. The van der Waals surface area contributed by atoms with Gasteiger partial charge in [-0.25, -0.2) is 0 Å². The molecular formula is C20H21N3O4S. The first-order valence-electron chi connectivity index (χ1n) is 8.89. The summed E-state index contributed by atoms with van der Waals surface area (Å²) in [5, 5.41) is 17.9. The summed E-state index contributed by atoms with van der Waals surface area (Å²) < 4.78 is 16.6. The number of nitrogens with two attached hydrogens (primary N) is 1. The number of hydrogen-bond donors (Lipinski definition) is 2. The van der Waals surface area contributed by atoms with Gasteiger partial charge < -0.3 is 24.7 Å². The second-order valence-electron chi connectivity index (χ2n) is 7.16. The minimum absolute atomic E-state index is 0. The molecule has 0 unspecified atom stereocenters. The molecule has 1 aromatic heterocycles. The highest BCUT2D eigenvalue weighted by Gasteiger charge is 2.30. The van der Waals surface area contributed by atoms with Crippen LogP contribution in [0.15, 0.2) is 40.8 Å². The van der Waals surface area contributed by atoms with Gasteiger partial charge in [0.05, 0.1) is 6.61 Å². The Hall–Kier alpha value is -2.55. The van der Waals surface area contributed by atoms with Gasteiger partial charge in [0.25, 0.3) is 0 Å². The molecule has 0 spiro atoms. The average molecular weight is 399 g/mol. The van der Waals surface area contributed by atoms with Crippen molar-refractivity contribution in [2.45, 2.75) is 24.8 Å². The molecule has 0 radical (unpaired) electrons. The number of aliphatic hydroxyl groups excluding tert-OH is 1. The number of ether oxygens (including phenoxy) is 2. The lowest BCUT2D eigenvalue weighted by molar-refractivity contribution is 0.174. The van der Waals surface area contributed by atoms with Gasteiger partial charge in [0, 0.05) is 16.7 Å². The van der Waals surface area contributed by atoms with Crippen molar-refractivity contribution in [3.8, 4) is 34.4 Å². The maximum absolute atomic E-state index is 9.57. The second-order valence-corrected chi connectivity index (χ2v) is 7.16. The summed E-state index contributed by atoms with van der Waals surface area (Å²) in [5.41, 5.74) is 9.70. The zero-order valence-corrected chi connectivity index (χ0v) is 16.1. The van der Waals surface area contributed by atoms with E-state index in [1.165, 1.54) is 5.56 Å². The van der Waals surface area contributed by atoms with Crippen molar-refractivity contribution in [3.63, 3.8) is 0 Å². The van der Waals surface area contributed by atoms with Gasteiger partial charge in [-0.15, -0.1) is 10.2 Å². The van der Waals surface area contributed by atoms with E-state index in [2.05, 4.69) is 16.3 Å². The molecule has 1 aliphatic carbocycles. The Labute approximate surface area is 168 Å². The number of nitrogens with zero attached hydrogens (tertiary/aromatic N) is 2. The summed E-state index contributed by atoms with van der Waals surface area (Å²) in [4.78, 5) is 0. The van der Waals surface area contributed by atoms with Gasteiger partial charge in [-0.05, 0) is 60.7 Å². The van der Waals surface area contributed by atoms with Crippen molar-refractivity contribution in [1.29, 1.82) is 0 Å². The molecule has 0 fully saturated rings. The molecular weight excluding hydrogens is 378 g/mol. The van der Waals surface area contributed by atoms with Gasteiger partial charge in [0.15, 0.2) is 11.5 Å². The maximum atomic E-state index is 9.57.